The Kier molecular flexibility index (Phi) is 13.8. The van der Waals surface area contributed by atoms with Gasteiger partial charge in [0.25, 0.3) is 0 Å². The van der Waals surface area contributed by atoms with Gasteiger partial charge >= 0.3 is 5.97 Å². The van der Waals surface area contributed by atoms with E-state index in [9.17, 15) is 13.2 Å². The fraction of sp³-hybridized carbons (Fsp3) is 0.560. The van der Waals surface area contributed by atoms with Crippen molar-refractivity contribution in [2.45, 2.75) is 95.4 Å². The number of benzene rings is 1. The Labute approximate surface area is 188 Å². The number of allylic oxidation sites excluding steroid dienone is 3. The number of carboxylic acids is 1. The molecule has 5 nitrogen and oxygen atoms in total. The van der Waals surface area contributed by atoms with Gasteiger partial charge in [-0.05, 0) is 44.7 Å². The van der Waals surface area contributed by atoms with Crippen molar-refractivity contribution in [3.05, 3.63) is 54.1 Å². The molecule has 0 saturated carbocycles. The number of carbonyl (C=O) groups is 1. The number of aliphatic carboxylic acids is 1. The molecule has 0 aromatic heterocycles. The zero-order chi connectivity index (χ0) is 23.0. The summed E-state index contributed by atoms with van der Waals surface area (Å²) in [6, 6.07) is 6.69. The van der Waals surface area contributed by atoms with Crippen LogP contribution >= 0.6 is 0 Å². The maximum atomic E-state index is 12.7. The summed E-state index contributed by atoms with van der Waals surface area (Å²) in [4.78, 5) is 10.8. The van der Waals surface area contributed by atoms with Crippen LogP contribution in [0.2, 0.25) is 0 Å². The highest BCUT2D eigenvalue weighted by Gasteiger charge is 2.17. The van der Waals surface area contributed by atoms with Crippen LogP contribution in [0.1, 0.15) is 83.1 Å². The maximum absolute atomic E-state index is 12.7. The van der Waals surface area contributed by atoms with E-state index in [2.05, 4.69) is 17.7 Å². The standard InChI is InChI=1S/C25H39NO4S/c1-3-4-12-15-23(26-31(29,30)24-20-18-22(2)19-21-24)16-13-10-8-6-5-7-9-11-14-17-25(27)28/h8,10,13,16,18-21,23,26H,3-7,9,11-12,14-15,17H2,1-2H3,(H,27,28)/b10-8-,16-13+. The summed E-state index contributed by atoms with van der Waals surface area (Å²) in [5.74, 6) is -0.719. The number of hydrogen-bond donors (Lipinski definition) is 2. The molecule has 1 rings (SSSR count). The van der Waals surface area contributed by atoms with Gasteiger partial charge in [0.05, 0.1) is 4.90 Å². The van der Waals surface area contributed by atoms with Gasteiger partial charge in [-0.3, -0.25) is 4.79 Å². The van der Waals surface area contributed by atoms with E-state index in [4.69, 9.17) is 5.11 Å². The van der Waals surface area contributed by atoms with Crippen LogP contribution in [-0.2, 0) is 14.8 Å². The Morgan fingerprint density at radius 2 is 1.68 bits per heavy atom. The predicted octanol–water partition coefficient (Wildman–Crippen LogP) is 6.15. The maximum Gasteiger partial charge on any atom is 0.303 e. The normalized spacial score (nSPS) is 13.2. The number of nitrogens with one attached hydrogen (secondary N) is 1. The van der Waals surface area contributed by atoms with Crippen LogP contribution in [0.4, 0.5) is 0 Å². The van der Waals surface area contributed by atoms with E-state index in [1.165, 1.54) is 0 Å². The molecule has 1 atom stereocenters. The molecule has 0 bridgehead atoms. The molecule has 0 aliphatic heterocycles. The van der Waals surface area contributed by atoms with Crippen LogP contribution < -0.4 is 4.72 Å². The fourth-order valence-electron chi connectivity index (χ4n) is 3.24. The summed E-state index contributed by atoms with van der Waals surface area (Å²) in [5.41, 5.74) is 1.03. The van der Waals surface area contributed by atoms with Gasteiger partial charge in [0, 0.05) is 12.5 Å². The summed E-state index contributed by atoms with van der Waals surface area (Å²) < 4.78 is 28.3. The predicted molar refractivity (Wildman–Crippen MR) is 128 cm³/mol. The number of hydrogen-bond acceptors (Lipinski definition) is 3. The van der Waals surface area contributed by atoms with E-state index in [1.807, 2.05) is 37.3 Å². The summed E-state index contributed by atoms with van der Waals surface area (Å²) in [6.07, 6.45) is 18.1. The highest BCUT2D eigenvalue weighted by molar-refractivity contribution is 7.89. The molecule has 1 aromatic carbocycles. The summed E-state index contributed by atoms with van der Waals surface area (Å²) >= 11 is 0. The molecule has 0 aliphatic carbocycles. The molecule has 2 N–H and O–H groups in total. The molecule has 0 fully saturated rings. The van der Waals surface area contributed by atoms with Crippen LogP contribution in [0.15, 0.2) is 53.5 Å². The molecule has 1 unspecified atom stereocenters. The van der Waals surface area contributed by atoms with Crippen molar-refractivity contribution in [3.63, 3.8) is 0 Å². The largest absolute Gasteiger partial charge is 0.481 e. The van der Waals surface area contributed by atoms with Crippen molar-refractivity contribution in [3.8, 4) is 0 Å². The van der Waals surface area contributed by atoms with Gasteiger partial charge in [0.2, 0.25) is 10.0 Å². The SMILES string of the molecule is CCCCCC(/C=C/C=C\CCCCCCCC(=O)O)NS(=O)(=O)c1ccc(C)cc1. The molecule has 174 valence electrons. The molecule has 0 spiro atoms. The second-order valence-corrected chi connectivity index (χ2v) is 9.76. The quantitative estimate of drug-likeness (QED) is 0.221. The lowest BCUT2D eigenvalue weighted by Gasteiger charge is -2.15. The molecular weight excluding hydrogens is 410 g/mol. The van der Waals surface area contributed by atoms with Crippen molar-refractivity contribution in [1.82, 2.24) is 4.72 Å². The average Bonchev–Trinajstić information content (AvgIpc) is 2.71. The van der Waals surface area contributed by atoms with Crippen molar-refractivity contribution in [2.75, 3.05) is 0 Å². The highest BCUT2D eigenvalue weighted by atomic mass is 32.2. The molecule has 6 heteroatoms. The first kappa shape index (κ1) is 27.1. The van der Waals surface area contributed by atoms with Crippen molar-refractivity contribution in [1.29, 1.82) is 0 Å². The minimum Gasteiger partial charge on any atom is -0.481 e. The Hall–Kier alpha value is -1.92. The minimum absolute atomic E-state index is 0.225. The van der Waals surface area contributed by atoms with Gasteiger partial charge in [0.1, 0.15) is 0 Å². The van der Waals surface area contributed by atoms with E-state index in [1.54, 1.807) is 12.1 Å². The van der Waals surface area contributed by atoms with Gasteiger partial charge in [-0.15, -0.1) is 0 Å². The Balaban J connectivity index is 2.47. The monoisotopic (exact) mass is 449 g/mol. The second kappa shape index (κ2) is 15.8. The first-order chi connectivity index (χ1) is 14.8. The van der Waals surface area contributed by atoms with Crippen molar-refractivity contribution >= 4 is 16.0 Å². The zero-order valence-electron chi connectivity index (χ0n) is 19.1. The number of carboxylic acid groups (broad SMARTS) is 1. The van der Waals surface area contributed by atoms with Gasteiger partial charge in [-0.1, -0.05) is 87.4 Å². The number of sulfonamides is 1. The number of rotatable bonds is 17. The molecule has 0 aliphatic rings. The first-order valence-electron chi connectivity index (χ1n) is 11.5. The lowest BCUT2D eigenvalue weighted by molar-refractivity contribution is -0.137. The Bertz CT molecular complexity index is 782. The Morgan fingerprint density at radius 3 is 2.35 bits per heavy atom. The topological polar surface area (TPSA) is 83.5 Å². The van der Waals surface area contributed by atoms with Crippen LogP contribution in [-0.4, -0.2) is 25.5 Å². The van der Waals surface area contributed by atoms with E-state index in [-0.39, 0.29) is 12.5 Å². The van der Waals surface area contributed by atoms with Crippen LogP contribution in [0, 0.1) is 6.92 Å². The fourth-order valence-corrected chi connectivity index (χ4v) is 4.46. The minimum atomic E-state index is -3.54. The molecule has 0 saturated heterocycles. The van der Waals surface area contributed by atoms with Crippen LogP contribution in [0.25, 0.3) is 0 Å². The summed E-state index contributed by atoms with van der Waals surface area (Å²) in [5, 5.41) is 8.61. The summed E-state index contributed by atoms with van der Waals surface area (Å²) in [7, 11) is -3.54. The lowest BCUT2D eigenvalue weighted by atomic mass is 10.1. The van der Waals surface area contributed by atoms with Gasteiger partial charge in [-0.25, -0.2) is 13.1 Å². The molecule has 0 amide bonds. The van der Waals surface area contributed by atoms with Gasteiger partial charge in [0.15, 0.2) is 0 Å². The van der Waals surface area contributed by atoms with Crippen LogP contribution in [0.5, 0.6) is 0 Å². The first-order valence-corrected chi connectivity index (χ1v) is 13.0. The molecule has 0 heterocycles. The molecule has 0 radical (unpaired) electrons. The molecule has 1 aromatic rings. The third-order valence-corrected chi connectivity index (χ3v) is 6.61. The van der Waals surface area contributed by atoms with Gasteiger partial charge < -0.3 is 5.11 Å². The van der Waals surface area contributed by atoms with E-state index >= 15 is 0 Å². The second-order valence-electron chi connectivity index (χ2n) is 8.05. The molecular formula is C25H39NO4S. The van der Waals surface area contributed by atoms with Crippen LogP contribution in [0.3, 0.4) is 0 Å². The number of unbranched alkanes of at least 4 members (excludes halogenated alkanes) is 7. The zero-order valence-corrected chi connectivity index (χ0v) is 19.9. The third kappa shape index (κ3) is 13.2. The van der Waals surface area contributed by atoms with Gasteiger partial charge in [-0.2, -0.15) is 0 Å². The molecule has 31 heavy (non-hydrogen) atoms. The average molecular weight is 450 g/mol. The number of aryl methyl sites for hydroxylation is 1. The van der Waals surface area contributed by atoms with E-state index in [0.29, 0.717) is 4.90 Å². The smallest absolute Gasteiger partial charge is 0.303 e. The van der Waals surface area contributed by atoms with E-state index < -0.39 is 16.0 Å². The summed E-state index contributed by atoms with van der Waals surface area (Å²) in [6.45, 7) is 4.07. The highest BCUT2D eigenvalue weighted by Crippen LogP contribution is 2.13. The van der Waals surface area contributed by atoms with E-state index in [0.717, 1.165) is 69.8 Å². The van der Waals surface area contributed by atoms with Crippen molar-refractivity contribution in [2.24, 2.45) is 0 Å². The van der Waals surface area contributed by atoms with Crippen molar-refractivity contribution < 1.29 is 18.3 Å². The lowest BCUT2D eigenvalue weighted by Crippen LogP contribution is -2.33. The third-order valence-electron chi connectivity index (χ3n) is 5.11. The Morgan fingerprint density at radius 1 is 1.00 bits per heavy atom.